The molecule has 0 bridgehead atoms. The van der Waals surface area contributed by atoms with E-state index in [1.807, 2.05) is 31.2 Å². The van der Waals surface area contributed by atoms with Gasteiger partial charge in [-0.2, -0.15) is 0 Å². The molecule has 1 aromatic carbocycles. The molecule has 2 aromatic rings. The molecule has 1 atom stereocenters. The van der Waals surface area contributed by atoms with E-state index in [2.05, 4.69) is 10.3 Å². The van der Waals surface area contributed by atoms with Gasteiger partial charge in [0.25, 0.3) is 0 Å². The van der Waals surface area contributed by atoms with Gasteiger partial charge in [-0.05, 0) is 24.6 Å². The van der Waals surface area contributed by atoms with Gasteiger partial charge in [-0.15, -0.1) is 11.3 Å². The average Bonchev–Trinajstić information content (AvgIpc) is 2.94. The van der Waals surface area contributed by atoms with Crippen LogP contribution < -0.4 is 10.1 Å². The molecule has 1 unspecified atom stereocenters. The van der Waals surface area contributed by atoms with Gasteiger partial charge < -0.3 is 15.2 Å². The third-order valence-electron chi connectivity index (χ3n) is 2.94. The highest BCUT2D eigenvalue weighted by molar-refractivity contribution is 7.11. The second-order valence-electron chi connectivity index (χ2n) is 4.32. The molecular formula is C14H16N2O3S. The minimum absolute atomic E-state index is 0.124. The van der Waals surface area contributed by atoms with Crippen molar-refractivity contribution in [2.45, 2.75) is 19.5 Å². The fourth-order valence-corrected chi connectivity index (χ4v) is 2.41. The lowest BCUT2D eigenvalue weighted by atomic mass is 10.1. The second kappa shape index (κ2) is 6.49. The van der Waals surface area contributed by atoms with Crippen molar-refractivity contribution in [3.8, 4) is 5.75 Å². The molecule has 0 saturated heterocycles. The zero-order valence-electron chi connectivity index (χ0n) is 11.3. The summed E-state index contributed by atoms with van der Waals surface area (Å²) in [6, 6.07) is 7.98. The Morgan fingerprint density at radius 3 is 2.70 bits per heavy atom. The predicted molar refractivity (Wildman–Crippen MR) is 77.3 cm³/mol. The lowest BCUT2D eigenvalue weighted by Crippen LogP contribution is -2.18. The molecule has 0 amide bonds. The maximum atomic E-state index is 10.7. The number of hydrogen-bond donors (Lipinski definition) is 2. The first kappa shape index (κ1) is 14.5. The minimum atomic E-state index is -0.982. The van der Waals surface area contributed by atoms with Gasteiger partial charge in [-0.25, -0.2) is 9.78 Å². The lowest BCUT2D eigenvalue weighted by Gasteiger charge is -2.13. The molecule has 0 saturated carbocycles. The zero-order valence-corrected chi connectivity index (χ0v) is 12.1. The molecule has 2 N–H and O–H groups in total. The van der Waals surface area contributed by atoms with E-state index in [-0.39, 0.29) is 11.0 Å². The molecule has 1 heterocycles. The van der Waals surface area contributed by atoms with Crippen molar-refractivity contribution in [1.82, 2.24) is 10.3 Å². The monoisotopic (exact) mass is 292 g/mol. The number of aromatic carboxylic acids is 1. The number of ether oxygens (including phenoxy) is 1. The highest BCUT2D eigenvalue weighted by atomic mass is 32.1. The summed E-state index contributed by atoms with van der Waals surface area (Å²) in [7, 11) is 1.64. The summed E-state index contributed by atoms with van der Waals surface area (Å²) >= 11 is 1.14. The van der Waals surface area contributed by atoms with Crippen molar-refractivity contribution in [1.29, 1.82) is 0 Å². The Morgan fingerprint density at radius 2 is 2.15 bits per heavy atom. The van der Waals surface area contributed by atoms with E-state index in [1.54, 1.807) is 12.5 Å². The molecule has 1 aromatic heterocycles. The third-order valence-corrected chi connectivity index (χ3v) is 3.82. The zero-order chi connectivity index (χ0) is 14.5. The van der Waals surface area contributed by atoms with E-state index in [0.717, 1.165) is 28.3 Å². The molecule has 6 heteroatoms. The van der Waals surface area contributed by atoms with Crippen LogP contribution in [-0.4, -0.2) is 23.2 Å². The Labute approximate surface area is 121 Å². The SMILES string of the molecule is COc1ccc(C(C)NCc2csc(C(=O)O)n2)cc1. The summed E-state index contributed by atoms with van der Waals surface area (Å²) in [5.74, 6) is -0.156. The van der Waals surface area contributed by atoms with Crippen molar-refractivity contribution in [2.24, 2.45) is 0 Å². The Bertz CT molecular complexity index is 580. The van der Waals surface area contributed by atoms with E-state index < -0.39 is 5.97 Å². The molecular weight excluding hydrogens is 276 g/mol. The van der Waals surface area contributed by atoms with E-state index in [0.29, 0.717) is 6.54 Å². The van der Waals surface area contributed by atoms with Crippen LogP contribution in [-0.2, 0) is 6.54 Å². The normalized spacial score (nSPS) is 12.1. The summed E-state index contributed by atoms with van der Waals surface area (Å²) < 4.78 is 5.12. The van der Waals surface area contributed by atoms with Gasteiger partial charge in [0.05, 0.1) is 12.8 Å². The van der Waals surface area contributed by atoms with Crippen LogP contribution >= 0.6 is 11.3 Å². The van der Waals surface area contributed by atoms with Crippen molar-refractivity contribution >= 4 is 17.3 Å². The molecule has 20 heavy (non-hydrogen) atoms. The number of aromatic nitrogens is 1. The van der Waals surface area contributed by atoms with Crippen LogP contribution in [0.5, 0.6) is 5.75 Å². The Hall–Kier alpha value is -1.92. The largest absolute Gasteiger partial charge is 0.497 e. The Kier molecular flexibility index (Phi) is 4.70. The maximum absolute atomic E-state index is 10.7. The van der Waals surface area contributed by atoms with Gasteiger partial charge >= 0.3 is 5.97 Å². The van der Waals surface area contributed by atoms with Crippen LogP contribution in [0.25, 0.3) is 0 Å². The van der Waals surface area contributed by atoms with Gasteiger partial charge in [-0.1, -0.05) is 12.1 Å². The Balaban J connectivity index is 1.93. The summed E-state index contributed by atoms with van der Waals surface area (Å²) in [4.78, 5) is 14.8. The average molecular weight is 292 g/mol. The van der Waals surface area contributed by atoms with Crippen LogP contribution in [0, 0.1) is 0 Å². The number of carboxylic acids is 1. The molecule has 0 spiro atoms. The molecule has 106 valence electrons. The van der Waals surface area contributed by atoms with Gasteiger partial charge in [0.1, 0.15) is 5.75 Å². The number of rotatable bonds is 6. The van der Waals surface area contributed by atoms with Gasteiger partial charge in [-0.3, -0.25) is 0 Å². The predicted octanol–water partition coefficient (Wildman–Crippen LogP) is 2.70. The Morgan fingerprint density at radius 1 is 1.45 bits per heavy atom. The summed E-state index contributed by atoms with van der Waals surface area (Å²) in [5, 5.41) is 14.0. The standard InChI is InChI=1S/C14H16N2O3S/c1-9(10-3-5-12(19-2)6-4-10)15-7-11-8-20-13(16-11)14(17)18/h3-6,8-9,15H,7H2,1-2H3,(H,17,18). The summed E-state index contributed by atoms with van der Waals surface area (Å²) in [6.07, 6.45) is 0. The fraction of sp³-hybridized carbons (Fsp3) is 0.286. The van der Waals surface area contributed by atoms with Gasteiger partial charge in [0.15, 0.2) is 0 Å². The first-order valence-electron chi connectivity index (χ1n) is 6.15. The number of benzene rings is 1. The number of nitrogens with zero attached hydrogens (tertiary/aromatic N) is 1. The molecule has 2 rings (SSSR count). The smallest absolute Gasteiger partial charge is 0.365 e. The number of nitrogens with one attached hydrogen (secondary N) is 1. The highest BCUT2D eigenvalue weighted by Crippen LogP contribution is 2.18. The van der Waals surface area contributed by atoms with E-state index in [4.69, 9.17) is 9.84 Å². The number of methoxy groups -OCH3 is 1. The second-order valence-corrected chi connectivity index (χ2v) is 5.18. The molecule has 0 aliphatic heterocycles. The van der Waals surface area contributed by atoms with Crippen LogP contribution in [0.3, 0.4) is 0 Å². The molecule has 0 fully saturated rings. The van der Waals surface area contributed by atoms with Crippen molar-refractivity contribution in [2.75, 3.05) is 7.11 Å². The van der Waals surface area contributed by atoms with Crippen molar-refractivity contribution in [3.05, 3.63) is 45.9 Å². The number of hydrogen-bond acceptors (Lipinski definition) is 5. The van der Waals surface area contributed by atoms with Gasteiger partial charge in [0.2, 0.25) is 5.01 Å². The van der Waals surface area contributed by atoms with E-state index in [1.165, 1.54) is 0 Å². The molecule has 0 aliphatic carbocycles. The van der Waals surface area contributed by atoms with E-state index in [9.17, 15) is 4.79 Å². The molecule has 0 radical (unpaired) electrons. The lowest BCUT2D eigenvalue weighted by molar-refractivity contribution is 0.0696. The summed E-state index contributed by atoms with van der Waals surface area (Å²) in [6.45, 7) is 2.59. The van der Waals surface area contributed by atoms with Crippen LogP contribution in [0.2, 0.25) is 0 Å². The number of thiazole rings is 1. The molecule has 5 nitrogen and oxygen atoms in total. The van der Waals surface area contributed by atoms with Gasteiger partial charge in [0, 0.05) is 18.0 Å². The van der Waals surface area contributed by atoms with Crippen LogP contribution in [0.1, 0.15) is 34.0 Å². The highest BCUT2D eigenvalue weighted by Gasteiger charge is 2.10. The van der Waals surface area contributed by atoms with Crippen molar-refractivity contribution < 1.29 is 14.6 Å². The minimum Gasteiger partial charge on any atom is -0.497 e. The first-order chi connectivity index (χ1) is 9.60. The molecule has 0 aliphatic rings. The third kappa shape index (κ3) is 3.55. The van der Waals surface area contributed by atoms with Crippen LogP contribution in [0.4, 0.5) is 0 Å². The fourth-order valence-electron chi connectivity index (χ4n) is 1.75. The van der Waals surface area contributed by atoms with Crippen molar-refractivity contribution in [3.63, 3.8) is 0 Å². The topological polar surface area (TPSA) is 71.5 Å². The number of carbonyl (C=O) groups is 1. The first-order valence-corrected chi connectivity index (χ1v) is 7.03. The van der Waals surface area contributed by atoms with Crippen LogP contribution in [0.15, 0.2) is 29.6 Å². The summed E-state index contributed by atoms with van der Waals surface area (Å²) in [5.41, 5.74) is 1.88. The quantitative estimate of drug-likeness (QED) is 0.856. The number of carboxylic acid groups (broad SMARTS) is 1. The maximum Gasteiger partial charge on any atom is 0.365 e. The van der Waals surface area contributed by atoms with E-state index >= 15 is 0 Å².